The van der Waals surface area contributed by atoms with Crippen LogP contribution in [-0.4, -0.2) is 11.0 Å². The van der Waals surface area contributed by atoms with Crippen molar-refractivity contribution in [1.29, 1.82) is 0 Å². The van der Waals surface area contributed by atoms with Gasteiger partial charge in [-0.1, -0.05) is 12.1 Å². The fourth-order valence-electron chi connectivity index (χ4n) is 1.57. The van der Waals surface area contributed by atoms with Crippen molar-refractivity contribution < 1.29 is 4.39 Å². The predicted octanol–water partition coefficient (Wildman–Crippen LogP) is 3.33. The molecule has 0 aliphatic rings. The largest absolute Gasteiger partial charge is 0.359 e. The SMILES string of the molecule is CC(Cc1cccc(F)c1)Nc1nccs1. The summed E-state index contributed by atoms with van der Waals surface area (Å²) in [5.41, 5.74) is 0.997. The number of thiazole rings is 1. The van der Waals surface area contributed by atoms with E-state index in [1.165, 1.54) is 6.07 Å². The number of aromatic nitrogens is 1. The molecule has 0 radical (unpaired) electrons. The van der Waals surface area contributed by atoms with Crippen molar-refractivity contribution in [3.05, 3.63) is 47.2 Å². The van der Waals surface area contributed by atoms with Crippen molar-refractivity contribution in [3.63, 3.8) is 0 Å². The van der Waals surface area contributed by atoms with Crippen molar-refractivity contribution in [3.8, 4) is 0 Å². The summed E-state index contributed by atoms with van der Waals surface area (Å²) in [6.07, 6.45) is 2.55. The van der Waals surface area contributed by atoms with Crippen molar-refractivity contribution in [1.82, 2.24) is 4.98 Å². The molecule has 0 aliphatic carbocycles. The number of halogens is 1. The fourth-order valence-corrected chi connectivity index (χ4v) is 2.22. The number of nitrogens with zero attached hydrogens (tertiary/aromatic N) is 1. The van der Waals surface area contributed by atoms with Crippen LogP contribution in [0.5, 0.6) is 0 Å². The molecule has 1 aromatic carbocycles. The third-order valence-corrected chi connectivity index (χ3v) is 2.94. The van der Waals surface area contributed by atoms with Gasteiger partial charge in [0.1, 0.15) is 5.82 Å². The first-order valence-corrected chi connectivity index (χ1v) is 6.02. The standard InChI is InChI=1S/C12H13FN2S/c1-9(15-12-14-5-6-16-12)7-10-3-2-4-11(13)8-10/h2-6,8-9H,7H2,1H3,(H,14,15). The maximum Gasteiger partial charge on any atom is 0.182 e. The summed E-state index contributed by atoms with van der Waals surface area (Å²) in [5.74, 6) is -0.182. The summed E-state index contributed by atoms with van der Waals surface area (Å²) < 4.78 is 13.0. The lowest BCUT2D eigenvalue weighted by Gasteiger charge is -2.12. The molecule has 2 nitrogen and oxygen atoms in total. The molecule has 0 aliphatic heterocycles. The van der Waals surface area contributed by atoms with E-state index < -0.39 is 0 Å². The first-order valence-electron chi connectivity index (χ1n) is 5.14. The molecule has 1 aromatic heterocycles. The zero-order chi connectivity index (χ0) is 11.4. The van der Waals surface area contributed by atoms with Crippen LogP contribution in [0.25, 0.3) is 0 Å². The monoisotopic (exact) mass is 236 g/mol. The van der Waals surface area contributed by atoms with Crippen LogP contribution in [-0.2, 0) is 6.42 Å². The van der Waals surface area contributed by atoms with E-state index in [4.69, 9.17) is 0 Å². The van der Waals surface area contributed by atoms with Crippen LogP contribution in [0.3, 0.4) is 0 Å². The minimum absolute atomic E-state index is 0.182. The van der Waals surface area contributed by atoms with Crippen LogP contribution < -0.4 is 5.32 Å². The zero-order valence-electron chi connectivity index (χ0n) is 8.98. The van der Waals surface area contributed by atoms with Crippen LogP contribution in [0.2, 0.25) is 0 Å². The minimum Gasteiger partial charge on any atom is -0.359 e. The van der Waals surface area contributed by atoms with Gasteiger partial charge in [0, 0.05) is 17.6 Å². The summed E-state index contributed by atoms with van der Waals surface area (Å²) in [7, 11) is 0. The Labute approximate surface area is 98.2 Å². The van der Waals surface area contributed by atoms with Gasteiger partial charge in [0.25, 0.3) is 0 Å². The lowest BCUT2D eigenvalue weighted by atomic mass is 10.1. The van der Waals surface area contributed by atoms with E-state index in [0.29, 0.717) is 0 Å². The third kappa shape index (κ3) is 3.03. The van der Waals surface area contributed by atoms with Gasteiger partial charge in [0.05, 0.1) is 0 Å². The predicted molar refractivity (Wildman–Crippen MR) is 65.3 cm³/mol. The quantitative estimate of drug-likeness (QED) is 0.880. The van der Waals surface area contributed by atoms with Crippen LogP contribution in [0, 0.1) is 5.82 Å². The first kappa shape index (κ1) is 11.1. The Hall–Kier alpha value is -1.42. The summed E-state index contributed by atoms with van der Waals surface area (Å²) in [4.78, 5) is 4.15. The van der Waals surface area contributed by atoms with Gasteiger partial charge in [0.2, 0.25) is 0 Å². The summed E-state index contributed by atoms with van der Waals surface area (Å²) >= 11 is 1.57. The minimum atomic E-state index is -0.182. The Bertz CT molecular complexity index is 442. The average Bonchev–Trinajstić information content (AvgIpc) is 2.70. The molecule has 2 rings (SSSR count). The van der Waals surface area contributed by atoms with E-state index in [0.717, 1.165) is 17.1 Å². The zero-order valence-corrected chi connectivity index (χ0v) is 9.80. The van der Waals surface area contributed by atoms with Gasteiger partial charge in [-0.25, -0.2) is 9.37 Å². The molecule has 1 N–H and O–H groups in total. The second-order valence-corrected chi connectivity index (χ2v) is 4.61. The molecule has 16 heavy (non-hydrogen) atoms. The molecule has 0 amide bonds. The van der Waals surface area contributed by atoms with Crippen LogP contribution in [0.15, 0.2) is 35.8 Å². The molecule has 0 spiro atoms. The van der Waals surface area contributed by atoms with Gasteiger partial charge in [-0.3, -0.25) is 0 Å². The van der Waals surface area contributed by atoms with Crippen molar-refractivity contribution in [2.24, 2.45) is 0 Å². The van der Waals surface area contributed by atoms with Crippen LogP contribution in [0.1, 0.15) is 12.5 Å². The molecule has 2 aromatic rings. The van der Waals surface area contributed by atoms with E-state index in [2.05, 4.69) is 17.2 Å². The first-order chi connectivity index (χ1) is 7.74. The maximum atomic E-state index is 13.0. The fraction of sp³-hybridized carbons (Fsp3) is 0.250. The van der Waals surface area contributed by atoms with Crippen molar-refractivity contribution >= 4 is 16.5 Å². The highest BCUT2D eigenvalue weighted by Gasteiger charge is 2.05. The van der Waals surface area contributed by atoms with Gasteiger partial charge < -0.3 is 5.32 Å². The van der Waals surface area contributed by atoms with Crippen LogP contribution in [0.4, 0.5) is 9.52 Å². The number of benzene rings is 1. The van der Waals surface area contributed by atoms with Gasteiger partial charge in [-0.15, -0.1) is 11.3 Å². The molecule has 1 atom stereocenters. The number of anilines is 1. The highest BCUT2D eigenvalue weighted by molar-refractivity contribution is 7.13. The maximum absolute atomic E-state index is 13.0. The molecule has 0 bridgehead atoms. The van der Waals surface area contributed by atoms with E-state index in [-0.39, 0.29) is 11.9 Å². The Kier molecular flexibility index (Phi) is 3.51. The number of hydrogen-bond donors (Lipinski definition) is 1. The van der Waals surface area contributed by atoms with E-state index in [1.807, 2.05) is 11.4 Å². The van der Waals surface area contributed by atoms with Gasteiger partial charge in [-0.05, 0) is 31.0 Å². The van der Waals surface area contributed by atoms with Crippen molar-refractivity contribution in [2.45, 2.75) is 19.4 Å². The van der Waals surface area contributed by atoms with E-state index >= 15 is 0 Å². The Morgan fingerprint density at radius 3 is 3.06 bits per heavy atom. The Morgan fingerprint density at radius 2 is 2.38 bits per heavy atom. The topological polar surface area (TPSA) is 24.9 Å². The Balaban J connectivity index is 1.94. The number of rotatable bonds is 4. The van der Waals surface area contributed by atoms with E-state index in [9.17, 15) is 4.39 Å². The smallest absolute Gasteiger partial charge is 0.182 e. The van der Waals surface area contributed by atoms with Crippen molar-refractivity contribution in [2.75, 3.05) is 5.32 Å². The second-order valence-electron chi connectivity index (χ2n) is 3.72. The molecular formula is C12H13FN2S. The number of hydrogen-bond acceptors (Lipinski definition) is 3. The highest BCUT2D eigenvalue weighted by atomic mass is 32.1. The molecule has 1 heterocycles. The van der Waals surface area contributed by atoms with Gasteiger partial charge in [0.15, 0.2) is 5.13 Å². The average molecular weight is 236 g/mol. The summed E-state index contributed by atoms with van der Waals surface area (Å²) in [6, 6.07) is 6.94. The normalized spacial score (nSPS) is 12.4. The molecule has 4 heteroatoms. The summed E-state index contributed by atoms with van der Waals surface area (Å²) in [5, 5.41) is 6.11. The van der Waals surface area contributed by atoms with Gasteiger partial charge >= 0.3 is 0 Å². The van der Waals surface area contributed by atoms with Gasteiger partial charge in [-0.2, -0.15) is 0 Å². The van der Waals surface area contributed by atoms with E-state index in [1.54, 1.807) is 29.7 Å². The lowest BCUT2D eigenvalue weighted by Crippen LogP contribution is -2.17. The molecule has 84 valence electrons. The molecule has 0 saturated carbocycles. The summed E-state index contributed by atoms with van der Waals surface area (Å²) in [6.45, 7) is 2.06. The third-order valence-electron chi connectivity index (χ3n) is 2.23. The molecule has 1 unspecified atom stereocenters. The second kappa shape index (κ2) is 5.07. The molecule has 0 fully saturated rings. The highest BCUT2D eigenvalue weighted by Crippen LogP contribution is 2.14. The van der Waals surface area contributed by atoms with Crippen LogP contribution >= 0.6 is 11.3 Å². The lowest BCUT2D eigenvalue weighted by molar-refractivity contribution is 0.624. The Morgan fingerprint density at radius 1 is 1.50 bits per heavy atom. The molecule has 0 saturated heterocycles. The number of nitrogens with one attached hydrogen (secondary N) is 1. The molecular weight excluding hydrogens is 223 g/mol.